The number of amidine groups is 1. The highest BCUT2D eigenvalue weighted by molar-refractivity contribution is 8.14. The molecule has 2 aliphatic rings. The molecule has 4 heteroatoms. The van der Waals surface area contributed by atoms with E-state index in [1.54, 1.807) is 0 Å². The molecule has 3 nitrogen and oxygen atoms in total. The highest BCUT2D eigenvalue weighted by Crippen LogP contribution is 2.39. The molecule has 0 unspecified atom stereocenters. The Labute approximate surface area is 100.0 Å². The third-order valence-electron chi connectivity index (χ3n) is 3.19. The maximum Gasteiger partial charge on any atom is 0.160 e. The number of hydrogen-bond acceptors (Lipinski definition) is 4. The molecule has 84 valence electrons. The van der Waals surface area contributed by atoms with Crippen LogP contribution in [0.15, 0.2) is 29.4 Å². The Morgan fingerprint density at radius 1 is 1.38 bits per heavy atom. The maximum absolute atomic E-state index is 4.79. The lowest BCUT2D eigenvalue weighted by Gasteiger charge is -2.22. The van der Waals surface area contributed by atoms with Gasteiger partial charge in [-0.05, 0) is 19.1 Å². The number of pyridine rings is 1. The molecular formula is C12H15N3S. The van der Waals surface area contributed by atoms with Gasteiger partial charge in [-0.1, -0.05) is 24.8 Å². The fourth-order valence-electron chi connectivity index (χ4n) is 2.35. The number of thioether (sulfide) groups is 1. The standard InChI is InChI=1S/C12H15N3S/c1-8-7-15-9(2)11(14-12(15)16-8)10-5-3-4-6-13-10/h3-6,8-9,11H,7H2,1-2H3/t8-,9+,11+/m1/s1. The van der Waals surface area contributed by atoms with Gasteiger partial charge in [-0.2, -0.15) is 0 Å². The second-order valence-corrected chi connectivity index (χ2v) is 5.84. The summed E-state index contributed by atoms with van der Waals surface area (Å²) in [5.74, 6) is 0. The molecule has 1 aromatic heterocycles. The zero-order valence-electron chi connectivity index (χ0n) is 9.50. The monoisotopic (exact) mass is 233 g/mol. The van der Waals surface area contributed by atoms with Crippen molar-refractivity contribution in [1.29, 1.82) is 0 Å². The molecule has 1 fully saturated rings. The van der Waals surface area contributed by atoms with Crippen molar-refractivity contribution in [1.82, 2.24) is 9.88 Å². The number of fused-ring (bicyclic) bond motifs is 1. The van der Waals surface area contributed by atoms with Gasteiger partial charge in [0.15, 0.2) is 5.17 Å². The van der Waals surface area contributed by atoms with Crippen LogP contribution < -0.4 is 0 Å². The SMILES string of the molecule is C[C@@H]1CN2C(=N[C@H](c3ccccn3)[C@@H]2C)S1. The van der Waals surface area contributed by atoms with Gasteiger partial charge in [0.05, 0.1) is 11.7 Å². The lowest BCUT2D eigenvalue weighted by Crippen LogP contribution is -2.32. The largest absolute Gasteiger partial charge is 0.345 e. The van der Waals surface area contributed by atoms with E-state index >= 15 is 0 Å². The van der Waals surface area contributed by atoms with E-state index in [0.717, 1.165) is 12.2 Å². The lowest BCUT2D eigenvalue weighted by atomic mass is 10.1. The fraction of sp³-hybridized carbons (Fsp3) is 0.500. The van der Waals surface area contributed by atoms with Crippen LogP contribution in [0, 0.1) is 0 Å². The molecule has 0 aliphatic carbocycles. The predicted octanol–water partition coefficient (Wildman–Crippen LogP) is 2.32. The summed E-state index contributed by atoms with van der Waals surface area (Å²) in [6.07, 6.45) is 1.85. The van der Waals surface area contributed by atoms with Gasteiger partial charge in [0.25, 0.3) is 0 Å². The molecule has 0 aromatic carbocycles. The van der Waals surface area contributed by atoms with Gasteiger partial charge >= 0.3 is 0 Å². The Balaban J connectivity index is 1.90. The fourth-order valence-corrected chi connectivity index (χ4v) is 3.49. The topological polar surface area (TPSA) is 28.5 Å². The number of aliphatic imine (C=N–C) groups is 1. The van der Waals surface area contributed by atoms with Crippen molar-refractivity contribution in [3.63, 3.8) is 0 Å². The van der Waals surface area contributed by atoms with Gasteiger partial charge in [-0.25, -0.2) is 0 Å². The summed E-state index contributed by atoms with van der Waals surface area (Å²) in [6.45, 7) is 5.62. The molecule has 3 heterocycles. The first-order valence-electron chi connectivity index (χ1n) is 5.68. The van der Waals surface area contributed by atoms with Crippen LogP contribution in [0.25, 0.3) is 0 Å². The Morgan fingerprint density at radius 3 is 2.94 bits per heavy atom. The van der Waals surface area contributed by atoms with Crippen molar-refractivity contribution in [2.24, 2.45) is 4.99 Å². The molecule has 3 rings (SSSR count). The molecule has 0 radical (unpaired) electrons. The summed E-state index contributed by atoms with van der Waals surface area (Å²) in [7, 11) is 0. The van der Waals surface area contributed by atoms with E-state index < -0.39 is 0 Å². The molecule has 16 heavy (non-hydrogen) atoms. The zero-order valence-corrected chi connectivity index (χ0v) is 10.3. The van der Waals surface area contributed by atoms with E-state index in [1.807, 2.05) is 30.1 Å². The predicted molar refractivity (Wildman–Crippen MR) is 67.6 cm³/mol. The van der Waals surface area contributed by atoms with Gasteiger partial charge in [-0.3, -0.25) is 9.98 Å². The van der Waals surface area contributed by atoms with E-state index in [9.17, 15) is 0 Å². The summed E-state index contributed by atoms with van der Waals surface area (Å²) < 4.78 is 0. The Morgan fingerprint density at radius 2 is 2.25 bits per heavy atom. The molecule has 1 aromatic rings. The molecule has 0 spiro atoms. The van der Waals surface area contributed by atoms with Crippen molar-refractivity contribution in [3.8, 4) is 0 Å². The van der Waals surface area contributed by atoms with Gasteiger partial charge in [-0.15, -0.1) is 0 Å². The second kappa shape index (κ2) is 3.77. The Kier molecular flexibility index (Phi) is 2.39. The van der Waals surface area contributed by atoms with Gasteiger partial charge in [0.2, 0.25) is 0 Å². The minimum atomic E-state index is 0.219. The second-order valence-electron chi connectivity index (χ2n) is 4.43. The van der Waals surface area contributed by atoms with Crippen molar-refractivity contribution >= 4 is 16.9 Å². The summed E-state index contributed by atoms with van der Waals surface area (Å²) in [4.78, 5) is 11.6. The molecule has 0 saturated carbocycles. The van der Waals surface area contributed by atoms with Crippen molar-refractivity contribution in [2.75, 3.05) is 6.54 Å². The molecule has 2 aliphatic heterocycles. The normalized spacial score (nSPS) is 32.8. The van der Waals surface area contributed by atoms with E-state index in [2.05, 4.69) is 29.8 Å². The first-order valence-corrected chi connectivity index (χ1v) is 6.55. The van der Waals surface area contributed by atoms with Gasteiger partial charge in [0.1, 0.15) is 6.04 Å². The summed E-state index contributed by atoms with van der Waals surface area (Å²) in [5, 5.41) is 1.88. The summed E-state index contributed by atoms with van der Waals surface area (Å²) in [5.41, 5.74) is 1.09. The summed E-state index contributed by atoms with van der Waals surface area (Å²) in [6, 6.07) is 6.72. The minimum Gasteiger partial charge on any atom is -0.345 e. The lowest BCUT2D eigenvalue weighted by molar-refractivity contribution is 0.336. The van der Waals surface area contributed by atoms with Crippen molar-refractivity contribution in [3.05, 3.63) is 30.1 Å². The van der Waals surface area contributed by atoms with Crippen LogP contribution >= 0.6 is 11.8 Å². The zero-order chi connectivity index (χ0) is 11.1. The Hall–Kier alpha value is -1.03. The average Bonchev–Trinajstić information content (AvgIpc) is 2.79. The van der Waals surface area contributed by atoms with Crippen LogP contribution in [-0.2, 0) is 0 Å². The van der Waals surface area contributed by atoms with E-state index in [4.69, 9.17) is 4.99 Å². The molecule has 0 N–H and O–H groups in total. The minimum absolute atomic E-state index is 0.219. The third-order valence-corrected chi connectivity index (χ3v) is 4.30. The van der Waals surface area contributed by atoms with E-state index in [1.165, 1.54) is 5.17 Å². The molecule has 0 bridgehead atoms. The van der Waals surface area contributed by atoms with Crippen LogP contribution in [0.2, 0.25) is 0 Å². The number of hydrogen-bond donors (Lipinski definition) is 0. The first kappa shape index (κ1) is 10.1. The van der Waals surface area contributed by atoms with Crippen LogP contribution in [0.1, 0.15) is 25.6 Å². The quantitative estimate of drug-likeness (QED) is 0.745. The molecule has 1 saturated heterocycles. The van der Waals surface area contributed by atoms with E-state index in [-0.39, 0.29) is 6.04 Å². The van der Waals surface area contributed by atoms with Gasteiger partial charge < -0.3 is 4.90 Å². The Bertz CT molecular complexity index is 418. The highest BCUT2D eigenvalue weighted by Gasteiger charge is 2.39. The van der Waals surface area contributed by atoms with Crippen molar-refractivity contribution in [2.45, 2.75) is 31.2 Å². The maximum atomic E-state index is 4.79. The number of aromatic nitrogens is 1. The van der Waals surface area contributed by atoms with E-state index in [0.29, 0.717) is 11.3 Å². The number of nitrogens with zero attached hydrogens (tertiary/aromatic N) is 3. The molecule has 3 atom stereocenters. The molecule has 0 amide bonds. The summed E-state index contributed by atoms with van der Waals surface area (Å²) >= 11 is 1.89. The average molecular weight is 233 g/mol. The van der Waals surface area contributed by atoms with Crippen LogP contribution in [0.3, 0.4) is 0 Å². The number of rotatable bonds is 1. The third kappa shape index (κ3) is 1.52. The first-order chi connectivity index (χ1) is 7.75. The van der Waals surface area contributed by atoms with Gasteiger partial charge in [0, 0.05) is 18.0 Å². The van der Waals surface area contributed by atoms with Crippen molar-refractivity contribution < 1.29 is 0 Å². The molecular weight excluding hydrogens is 218 g/mol. The van der Waals surface area contributed by atoms with Crippen LogP contribution in [0.5, 0.6) is 0 Å². The highest BCUT2D eigenvalue weighted by atomic mass is 32.2. The van der Waals surface area contributed by atoms with Crippen LogP contribution in [0.4, 0.5) is 0 Å². The smallest absolute Gasteiger partial charge is 0.160 e. The van der Waals surface area contributed by atoms with Crippen LogP contribution in [-0.4, -0.2) is 32.9 Å².